The number of anilines is 1. The van der Waals surface area contributed by atoms with Crippen LogP contribution in [0.2, 0.25) is 0 Å². The number of benzene rings is 1. The van der Waals surface area contributed by atoms with Crippen LogP contribution >= 0.6 is 0 Å². The summed E-state index contributed by atoms with van der Waals surface area (Å²) in [5, 5.41) is 3.49. The number of carbonyl (C=O) groups excluding carboxylic acids is 1. The summed E-state index contributed by atoms with van der Waals surface area (Å²) in [5.74, 6) is 2.19. The quantitative estimate of drug-likeness (QED) is 0.650. The number of aromatic nitrogens is 2. The molecule has 4 saturated heterocycles. The van der Waals surface area contributed by atoms with Crippen LogP contribution in [0.3, 0.4) is 0 Å². The molecule has 4 aliphatic rings. The summed E-state index contributed by atoms with van der Waals surface area (Å²) in [6, 6.07) is 9.39. The molecule has 6 rings (SSSR count). The Bertz CT molecular complexity index is 1000. The molecule has 0 aliphatic carbocycles. The van der Waals surface area contributed by atoms with Gasteiger partial charge in [0.2, 0.25) is 11.9 Å². The Balaban J connectivity index is 1.18. The molecular weight excluding hydrogens is 445 g/mol. The molecule has 1 amide bonds. The molecule has 4 aliphatic heterocycles. The van der Waals surface area contributed by atoms with E-state index in [0.29, 0.717) is 17.6 Å². The van der Waals surface area contributed by atoms with Crippen LogP contribution in [0.25, 0.3) is 11.3 Å². The monoisotopic (exact) mass is 481 g/mol. The van der Waals surface area contributed by atoms with Crippen LogP contribution in [0.4, 0.5) is 10.3 Å². The molecule has 1 atom stereocenters. The summed E-state index contributed by atoms with van der Waals surface area (Å²) in [5.41, 5.74) is 1.71. The normalized spacial score (nSPS) is 26.9. The van der Waals surface area contributed by atoms with E-state index < -0.39 is 6.67 Å². The van der Waals surface area contributed by atoms with Gasteiger partial charge in [0.25, 0.3) is 0 Å². The van der Waals surface area contributed by atoms with Crippen molar-refractivity contribution in [3.63, 3.8) is 0 Å². The molecule has 2 bridgehead atoms. The maximum absolute atomic E-state index is 13.2. The molecule has 0 saturated carbocycles. The van der Waals surface area contributed by atoms with Gasteiger partial charge in [-0.1, -0.05) is 0 Å². The van der Waals surface area contributed by atoms with Gasteiger partial charge in [0.15, 0.2) is 0 Å². The van der Waals surface area contributed by atoms with Crippen molar-refractivity contribution in [3.05, 3.63) is 36.5 Å². The van der Waals surface area contributed by atoms with Gasteiger partial charge in [0, 0.05) is 42.9 Å². The van der Waals surface area contributed by atoms with Crippen molar-refractivity contribution < 1.29 is 13.9 Å². The van der Waals surface area contributed by atoms with E-state index in [4.69, 9.17) is 9.72 Å². The molecule has 8 heteroatoms. The van der Waals surface area contributed by atoms with Crippen molar-refractivity contribution in [1.29, 1.82) is 0 Å². The van der Waals surface area contributed by atoms with Gasteiger partial charge < -0.3 is 19.9 Å². The zero-order valence-electron chi connectivity index (χ0n) is 20.6. The van der Waals surface area contributed by atoms with Gasteiger partial charge in [-0.05, 0) is 88.4 Å². The number of fused-ring (bicyclic) bond motifs is 4. The van der Waals surface area contributed by atoms with E-state index in [1.54, 1.807) is 6.20 Å². The van der Waals surface area contributed by atoms with E-state index in [0.717, 1.165) is 50.2 Å². The summed E-state index contributed by atoms with van der Waals surface area (Å²) >= 11 is 0. The van der Waals surface area contributed by atoms with Gasteiger partial charge in [-0.3, -0.25) is 4.79 Å². The number of carbonyl (C=O) groups is 1. The number of hydrogen-bond donors (Lipinski definition) is 1. The highest BCUT2D eigenvalue weighted by atomic mass is 19.1. The van der Waals surface area contributed by atoms with Crippen LogP contribution in [0.1, 0.15) is 39.0 Å². The van der Waals surface area contributed by atoms with E-state index in [1.165, 1.54) is 25.9 Å². The lowest BCUT2D eigenvalue weighted by atomic mass is 9.78. The topological polar surface area (TPSA) is 70.6 Å². The lowest BCUT2D eigenvalue weighted by Gasteiger charge is -2.39. The van der Waals surface area contributed by atoms with Gasteiger partial charge in [-0.2, -0.15) is 0 Å². The first kappa shape index (κ1) is 24.0. The lowest BCUT2D eigenvalue weighted by molar-refractivity contribution is -0.128. The smallest absolute Gasteiger partial charge is 0.225 e. The van der Waals surface area contributed by atoms with Crippen LogP contribution in [-0.4, -0.2) is 72.3 Å². The Labute approximate surface area is 207 Å². The molecule has 1 aromatic heterocycles. The number of piperidine rings is 2. The van der Waals surface area contributed by atoms with Gasteiger partial charge in [-0.25, -0.2) is 14.4 Å². The Morgan fingerprint density at radius 2 is 1.83 bits per heavy atom. The number of nitrogens with one attached hydrogen (secondary N) is 1. The number of ether oxygens (including phenoxy) is 1. The molecule has 1 N–H and O–H groups in total. The second-order valence-electron chi connectivity index (χ2n) is 10.3. The highest BCUT2D eigenvalue weighted by Crippen LogP contribution is 2.35. The Kier molecular flexibility index (Phi) is 7.18. The maximum atomic E-state index is 13.2. The number of halogens is 1. The minimum Gasteiger partial charge on any atom is -0.491 e. The fraction of sp³-hybridized carbons (Fsp3) is 0.593. The molecule has 7 nitrogen and oxygen atoms in total. The summed E-state index contributed by atoms with van der Waals surface area (Å²) in [7, 11) is 0. The largest absolute Gasteiger partial charge is 0.491 e. The second kappa shape index (κ2) is 10.5. The lowest BCUT2D eigenvalue weighted by Crippen LogP contribution is -2.54. The maximum Gasteiger partial charge on any atom is 0.225 e. The minimum atomic E-state index is -0.506. The summed E-state index contributed by atoms with van der Waals surface area (Å²) in [4.78, 5) is 27.2. The zero-order valence-corrected chi connectivity index (χ0v) is 20.6. The average Bonchev–Trinajstić information content (AvgIpc) is 3.16. The van der Waals surface area contributed by atoms with Crippen LogP contribution in [0.15, 0.2) is 36.5 Å². The standard InChI is InChI=1S/C27H36FN5O2/c1-27(11-18-32-14-9-22(27)10-15-32)31-25(34)21-7-16-33(17-8-21)26-29-13-6-24(30-26)20-2-4-23(5-3-20)35-19-12-28/h2-6,13,21-22H,7-12,14-19H2,1H3,(H,31,34). The van der Waals surface area contributed by atoms with Crippen molar-refractivity contribution in [2.45, 2.75) is 44.6 Å². The van der Waals surface area contributed by atoms with Crippen LogP contribution < -0.4 is 15.0 Å². The molecule has 35 heavy (non-hydrogen) atoms. The van der Waals surface area contributed by atoms with E-state index in [2.05, 4.69) is 27.0 Å². The number of amides is 1. The number of rotatable bonds is 7. The van der Waals surface area contributed by atoms with E-state index in [-0.39, 0.29) is 24.0 Å². The third kappa shape index (κ3) is 5.42. The summed E-state index contributed by atoms with van der Waals surface area (Å²) in [6.07, 6.45) is 6.83. The fourth-order valence-electron chi connectivity index (χ4n) is 5.82. The predicted molar refractivity (Wildman–Crippen MR) is 134 cm³/mol. The molecule has 1 unspecified atom stereocenters. The summed E-state index contributed by atoms with van der Waals surface area (Å²) < 4.78 is 17.6. The highest BCUT2D eigenvalue weighted by molar-refractivity contribution is 5.79. The van der Waals surface area contributed by atoms with Gasteiger partial charge in [-0.15, -0.1) is 0 Å². The molecule has 188 valence electrons. The van der Waals surface area contributed by atoms with Crippen molar-refractivity contribution in [2.24, 2.45) is 11.8 Å². The van der Waals surface area contributed by atoms with Crippen LogP contribution in [0, 0.1) is 11.8 Å². The molecular formula is C27H36FN5O2. The molecule has 1 aromatic carbocycles. The van der Waals surface area contributed by atoms with Gasteiger partial charge in [0.05, 0.1) is 5.69 Å². The van der Waals surface area contributed by atoms with Crippen molar-refractivity contribution >= 4 is 11.9 Å². The second-order valence-corrected chi connectivity index (χ2v) is 10.3. The van der Waals surface area contributed by atoms with Crippen LogP contribution in [-0.2, 0) is 4.79 Å². The van der Waals surface area contributed by atoms with Gasteiger partial charge >= 0.3 is 0 Å². The Morgan fingerprint density at radius 3 is 2.54 bits per heavy atom. The van der Waals surface area contributed by atoms with Crippen molar-refractivity contribution in [2.75, 3.05) is 50.9 Å². The van der Waals surface area contributed by atoms with Crippen molar-refractivity contribution in [3.8, 4) is 17.0 Å². The predicted octanol–water partition coefficient (Wildman–Crippen LogP) is 3.70. The van der Waals surface area contributed by atoms with Gasteiger partial charge in [0.1, 0.15) is 19.0 Å². The molecule has 0 radical (unpaired) electrons. The minimum absolute atomic E-state index is 0.0453. The number of alkyl halides is 1. The van der Waals surface area contributed by atoms with E-state index >= 15 is 0 Å². The Hall–Kier alpha value is -2.74. The SMILES string of the molecule is CC1(NC(=O)C2CCN(c3nccc(-c4ccc(OCCF)cc4)n3)CC2)CCN2CCC1CC2. The average molecular weight is 482 g/mol. The first-order valence-corrected chi connectivity index (χ1v) is 13.0. The molecule has 5 heterocycles. The first-order valence-electron chi connectivity index (χ1n) is 13.0. The van der Waals surface area contributed by atoms with Crippen LogP contribution in [0.5, 0.6) is 5.75 Å². The van der Waals surface area contributed by atoms with Crippen molar-refractivity contribution in [1.82, 2.24) is 20.2 Å². The van der Waals surface area contributed by atoms with E-state index in [9.17, 15) is 9.18 Å². The zero-order chi connectivity index (χ0) is 24.3. The third-order valence-corrected chi connectivity index (χ3v) is 8.13. The highest BCUT2D eigenvalue weighted by Gasteiger charge is 2.42. The molecule has 0 spiro atoms. The summed E-state index contributed by atoms with van der Waals surface area (Å²) in [6.45, 7) is 6.79. The number of hydrogen-bond acceptors (Lipinski definition) is 6. The Morgan fingerprint density at radius 1 is 1.09 bits per heavy atom. The molecule has 2 aromatic rings. The number of nitrogens with zero attached hydrogens (tertiary/aromatic N) is 4. The first-order chi connectivity index (χ1) is 17.0. The van der Waals surface area contributed by atoms with E-state index in [1.807, 2.05) is 30.3 Å². The molecule has 4 fully saturated rings. The third-order valence-electron chi connectivity index (χ3n) is 8.13. The fourth-order valence-corrected chi connectivity index (χ4v) is 5.82.